The summed E-state index contributed by atoms with van der Waals surface area (Å²) >= 11 is 0. The summed E-state index contributed by atoms with van der Waals surface area (Å²) < 4.78 is 27.6. The molecule has 2 aliphatic rings. The number of rotatable bonds is 5. The van der Waals surface area contributed by atoms with Crippen LogP contribution in [0.15, 0.2) is 41.3 Å². The minimum atomic E-state index is -3.52. The lowest BCUT2D eigenvalue weighted by molar-refractivity contribution is -0.126. The van der Waals surface area contributed by atoms with Crippen LogP contribution in [0.4, 0.5) is 0 Å². The van der Waals surface area contributed by atoms with Gasteiger partial charge in [0.2, 0.25) is 15.9 Å². The largest absolute Gasteiger partial charge is 0.349 e. The highest BCUT2D eigenvalue weighted by Crippen LogP contribution is 2.27. The van der Waals surface area contributed by atoms with Crippen molar-refractivity contribution in [1.29, 1.82) is 0 Å². The highest BCUT2D eigenvalue weighted by Gasteiger charge is 2.32. The maximum absolute atomic E-state index is 13.0. The molecule has 1 saturated heterocycles. The van der Waals surface area contributed by atoms with E-state index < -0.39 is 10.0 Å². The highest BCUT2D eigenvalue weighted by molar-refractivity contribution is 7.89. The summed E-state index contributed by atoms with van der Waals surface area (Å²) in [7, 11) is -3.52. The SMILES string of the molecule is Cc1ccc(S(=O)(=O)N2CCC(C(=O)NC(C)c3ccc4c(c3)CCCC4)CC2)cc1C. The van der Waals surface area contributed by atoms with Crippen LogP contribution in [0.1, 0.15) is 66.5 Å². The van der Waals surface area contributed by atoms with Gasteiger partial charge >= 0.3 is 0 Å². The quantitative estimate of drug-likeness (QED) is 0.725. The Morgan fingerprint density at radius 3 is 2.34 bits per heavy atom. The van der Waals surface area contributed by atoms with E-state index in [-0.39, 0.29) is 17.9 Å². The van der Waals surface area contributed by atoms with Gasteiger partial charge in [0.1, 0.15) is 0 Å². The number of nitrogens with one attached hydrogen (secondary N) is 1. The van der Waals surface area contributed by atoms with E-state index in [1.54, 1.807) is 12.1 Å². The van der Waals surface area contributed by atoms with Gasteiger partial charge in [0, 0.05) is 19.0 Å². The Kier molecular flexibility index (Phi) is 6.72. The molecule has 1 N–H and O–H groups in total. The molecule has 6 heteroatoms. The normalized spacial score (nSPS) is 18.7. The van der Waals surface area contributed by atoms with Crippen molar-refractivity contribution in [2.75, 3.05) is 13.1 Å². The standard InChI is InChI=1S/C26H34N2O3S/c1-18-8-11-25(16-19(18)2)32(30,31)28-14-12-22(13-15-28)26(29)27-20(3)23-10-9-21-6-4-5-7-24(21)17-23/h8-11,16-17,20,22H,4-7,12-15H2,1-3H3,(H,27,29). The number of fused-ring (bicyclic) bond motifs is 1. The van der Waals surface area contributed by atoms with Gasteiger partial charge in [0.05, 0.1) is 10.9 Å². The third-order valence-corrected chi connectivity index (χ3v) is 9.07. The first kappa shape index (κ1) is 23.0. The van der Waals surface area contributed by atoms with Crippen LogP contribution in [0.25, 0.3) is 0 Å². The zero-order chi connectivity index (χ0) is 22.9. The number of nitrogens with zero attached hydrogens (tertiary/aromatic N) is 1. The number of hydrogen-bond donors (Lipinski definition) is 1. The Morgan fingerprint density at radius 2 is 1.66 bits per heavy atom. The van der Waals surface area contributed by atoms with Crippen molar-refractivity contribution in [2.24, 2.45) is 5.92 Å². The highest BCUT2D eigenvalue weighted by atomic mass is 32.2. The summed E-state index contributed by atoms with van der Waals surface area (Å²) in [5.41, 5.74) is 6.05. The fourth-order valence-corrected chi connectivity index (χ4v) is 6.37. The van der Waals surface area contributed by atoms with Crippen LogP contribution in [-0.2, 0) is 27.7 Å². The van der Waals surface area contributed by atoms with Crippen LogP contribution in [0.3, 0.4) is 0 Å². The Hall–Kier alpha value is -2.18. The van der Waals surface area contributed by atoms with Gasteiger partial charge in [-0.25, -0.2) is 8.42 Å². The molecule has 32 heavy (non-hydrogen) atoms. The fraction of sp³-hybridized carbons (Fsp3) is 0.500. The molecule has 1 aliphatic heterocycles. The lowest BCUT2D eigenvalue weighted by Crippen LogP contribution is -2.43. The first-order valence-corrected chi connectivity index (χ1v) is 13.2. The molecule has 1 heterocycles. The number of amides is 1. The molecule has 2 aromatic carbocycles. The topological polar surface area (TPSA) is 66.5 Å². The Labute approximate surface area is 192 Å². The molecule has 0 radical (unpaired) electrons. The molecule has 1 fully saturated rings. The third kappa shape index (κ3) is 4.76. The van der Waals surface area contributed by atoms with E-state index in [2.05, 4.69) is 23.5 Å². The predicted octanol–water partition coefficient (Wildman–Crippen LogP) is 4.46. The number of hydrogen-bond acceptors (Lipinski definition) is 3. The Morgan fingerprint density at radius 1 is 0.969 bits per heavy atom. The second-order valence-electron chi connectivity index (χ2n) is 9.39. The number of carbonyl (C=O) groups is 1. The van der Waals surface area contributed by atoms with Gasteiger partial charge in [-0.3, -0.25) is 4.79 Å². The number of aryl methyl sites for hydroxylation is 4. The molecule has 2 aromatic rings. The van der Waals surface area contributed by atoms with E-state index in [0.29, 0.717) is 30.8 Å². The molecule has 4 rings (SSSR count). The minimum Gasteiger partial charge on any atom is -0.349 e. The number of sulfonamides is 1. The second kappa shape index (κ2) is 9.36. The summed E-state index contributed by atoms with van der Waals surface area (Å²) in [5.74, 6) is -0.125. The van der Waals surface area contributed by atoms with Crippen LogP contribution >= 0.6 is 0 Å². The predicted molar refractivity (Wildman–Crippen MR) is 127 cm³/mol. The van der Waals surface area contributed by atoms with Gasteiger partial charge in [-0.15, -0.1) is 0 Å². The van der Waals surface area contributed by atoms with Gasteiger partial charge in [0.15, 0.2) is 0 Å². The summed E-state index contributed by atoms with van der Waals surface area (Å²) in [6, 6.07) is 11.8. The first-order chi connectivity index (χ1) is 15.3. The molecule has 1 unspecified atom stereocenters. The molecule has 0 saturated carbocycles. The molecule has 5 nitrogen and oxygen atoms in total. The summed E-state index contributed by atoms with van der Waals surface area (Å²) in [6.45, 7) is 6.68. The first-order valence-electron chi connectivity index (χ1n) is 11.7. The van der Waals surface area contributed by atoms with Gasteiger partial charge in [-0.05, 0) is 99.2 Å². The Balaban J connectivity index is 1.35. The van der Waals surface area contributed by atoms with Crippen LogP contribution in [0.5, 0.6) is 0 Å². The van der Waals surface area contributed by atoms with Crippen molar-refractivity contribution < 1.29 is 13.2 Å². The van der Waals surface area contributed by atoms with E-state index in [9.17, 15) is 13.2 Å². The average Bonchev–Trinajstić information content (AvgIpc) is 2.80. The van der Waals surface area contributed by atoms with E-state index in [1.165, 1.54) is 28.3 Å². The molecule has 0 bridgehead atoms. The van der Waals surface area contributed by atoms with Gasteiger partial charge < -0.3 is 5.32 Å². The second-order valence-corrected chi connectivity index (χ2v) is 11.3. The number of carbonyl (C=O) groups excluding carboxylic acids is 1. The molecule has 1 atom stereocenters. The smallest absolute Gasteiger partial charge is 0.243 e. The zero-order valence-electron chi connectivity index (χ0n) is 19.4. The fourth-order valence-electron chi connectivity index (χ4n) is 4.82. The van der Waals surface area contributed by atoms with E-state index in [0.717, 1.165) is 29.5 Å². The summed E-state index contributed by atoms with van der Waals surface area (Å²) in [5, 5.41) is 3.16. The Bertz CT molecular complexity index is 1100. The van der Waals surface area contributed by atoms with E-state index >= 15 is 0 Å². The summed E-state index contributed by atoms with van der Waals surface area (Å²) in [6.07, 6.45) is 5.87. The lowest BCUT2D eigenvalue weighted by Gasteiger charge is -2.31. The van der Waals surface area contributed by atoms with E-state index in [1.807, 2.05) is 26.8 Å². The molecule has 0 aromatic heterocycles. The van der Waals surface area contributed by atoms with Crippen LogP contribution in [0.2, 0.25) is 0 Å². The maximum Gasteiger partial charge on any atom is 0.243 e. The van der Waals surface area contributed by atoms with Crippen molar-refractivity contribution in [3.63, 3.8) is 0 Å². The van der Waals surface area contributed by atoms with Gasteiger partial charge in [-0.2, -0.15) is 4.31 Å². The molecule has 172 valence electrons. The van der Waals surface area contributed by atoms with Crippen LogP contribution in [0, 0.1) is 19.8 Å². The maximum atomic E-state index is 13.0. The van der Waals surface area contributed by atoms with Crippen molar-refractivity contribution in [3.8, 4) is 0 Å². The summed E-state index contributed by atoms with van der Waals surface area (Å²) in [4.78, 5) is 13.2. The minimum absolute atomic E-state index is 0.0263. The number of piperidine rings is 1. The van der Waals surface area contributed by atoms with Crippen LogP contribution in [-0.4, -0.2) is 31.7 Å². The monoisotopic (exact) mass is 454 g/mol. The third-order valence-electron chi connectivity index (χ3n) is 7.17. The van der Waals surface area contributed by atoms with Crippen molar-refractivity contribution in [1.82, 2.24) is 9.62 Å². The molecule has 1 aliphatic carbocycles. The van der Waals surface area contributed by atoms with Crippen molar-refractivity contribution >= 4 is 15.9 Å². The average molecular weight is 455 g/mol. The molecule has 1 amide bonds. The number of benzene rings is 2. The van der Waals surface area contributed by atoms with Crippen molar-refractivity contribution in [2.45, 2.75) is 70.2 Å². The van der Waals surface area contributed by atoms with Crippen molar-refractivity contribution in [3.05, 3.63) is 64.2 Å². The van der Waals surface area contributed by atoms with E-state index in [4.69, 9.17) is 0 Å². The lowest BCUT2D eigenvalue weighted by atomic mass is 9.89. The van der Waals surface area contributed by atoms with Gasteiger partial charge in [-0.1, -0.05) is 24.3 Å². The van der Waals surface area contributed by atoms with Crippen LogP contribution < -0.4 is 5.32 Å². The van der Waals surface area contributed by atoms with Gasteiger partial charge in [0.25, 0.3) is 0 Å². The molecular formula is C26H34N2O3S. The zero-order valence-corrected chi connectivity index (χ0v) is 20.2. The molecular weight excluding hydrogens is 420 g/mol. The molecule has 0 spiro atoms.